The first-order valence-corrected chi connectivity index (χ1v) is 6.45. The highest BCUT2D eigenvalue weighted by atomic mass is 16.1. The molecular weight excluding hydrogens is 236 g/mol. The van der Waals surface area contributed by atoms with Crippen molar-refractivity contribution in [3.63, 3.8) is 0 Å². The van der Waals surface area contributed by atoms with Crippen LogP contribution in [0.25, 0.3) is 0 Å². The molecule has 1 aromatic carbocycles. The summed E-state index contributed by atoms with van der Waals surface area (Å²) >= 11 is 0. The molecule has 3 heteroatoms. The first-order valence-electron chi connectivity index (χ1n) is 6.45. The normalized spacial score (nSPS) is 10.2. The molecule has 0 fully saturated rings. The molecule has 0 amide bonds. The predicted molar refractivity (Wildman–Crippen MR) is 77.5 cm³/mol. The van der Waals surface area contributed by atoms with E-state index in [1.54, 1.807) is 0 Å². The highest BCUT2D eigenvalue weighted by molar-refractivity contribution is 5.75. The first kappa shape index (κ1) is 13.3. The Morgan fingerprint density at radius 2 is 1.89 bits per heavy atom. The van der Waals surface area contributed by atoms with Gasteiger partial charge in [-0.15, -0.1) is 0 Å². The van der Waals surface area contributed by atoms with E-state index in [4.69, 9.17) is 0 Å². The van der Waals surface area contributed by atoms with Crippen LogP contribution in [0.2, 0.25) is 0 Å². The van der Waals surface area contributed by atoms with Crippen molar-refractivity contribution in [1.29, 1.82) is 0 Å². The third-order valence-corrected chi connectivity index (χ3v) is 3.07. The van der Waals surface area contributed by atoms with Gasteiger partial charge in [0.1, 0.15) is 6.29 Å². The Morgan fingerprint density at radius 3 is 2.47 bits per heavy atom. The van der Waals surface area contributed by atoms with Crippen molar-refractivity contribution >= 4 is 12.0 Å². The second-order valence-corrected chi connectivity index (χ2v) is 4.49. The van der Waals surface area contributed by atoms with E-state index in [1.807, 2.05) is 49.4 Å². The molecule has 0 spiro atoms. The van der Waals surface area contributed by atoms with Gasteiger partial charge in [0.05, 0.1) is 12.2 Å². The van der Waals surface area contributed by atoms with Crippen molar-refractivity contribution in [3.05, 3.63) is 59.4 Å². The van der Waals surface area contributed by atoms with Crippen LogP contribution < -0.4 is 4.90 Å². The van der Waals surface area contributed by atoms with Gasteiger partial charge < -0.3 is 4.90 Å². The van der Waals surface area contributed by atoms with Gasteiger partial charge in [0.2, 0.25) is 0 Å². The maximum atomic E-state index is 10.7. The first-order chi connectivity index (χ1) is 9.22. The lowest BCUT2D eigenvalue weighted by Crippen LogP contribution is -2.22. The number of hydrogen-bond donors (Lipinski definition) is 0. The number of nitrogens with zero attached hydrogens (tertiary/aromatic N) is 2. The number of pyridine rings is 1. The number of rotatable bonds is 5. The molecule has 0 aliphatic heterocycles. The van der Waals surface area contributed by atoms with E-state index in [9.17, 15) is 4.79 Å². The van der Waals surface area contributed by atoms with Crippen LogP contribution in [-0.4, -0.2) is 17.8 Å². The fourth-order valence-electron chi connectivity index (χ4n) is 2.03. The molecule has 98 valence electrons. The molecule has 19 heavy (non-hydrogen) atoms. The van der Waals surface area contributed by atoms with Crippen molar-refractivity contribution in [1.82, 2.24) is 4.98 Å². The largest absolute Gasteiger partial charge is 0.366 e. The molecule has 0 bridgehead atoms. The van der Waals surface area contributed by atoms with Crippen LogP contribution in [0.5, 0.6) is 0 Å². The topological polar surface area (TPSA) is 33.2 Å². The summed E-state index contributed by atoms with van der Waals surface area (Å²) in [4.78, 5) is 17.4. The van der Waals surface area contributed by atoms with Crippen molar-refractivity contribution in [2.45, 2.75) is 20.4 Å². The van der Waals surface area contributed by atoms with Crippen molar-refractivity contribution < 1.29 is 4.79 Å². The Labute approximate surface area is 113 Å². The van der Waals surface area contributed by atoms with Crippen molar-refractivity contribution in [2.24, 2.45) is 0 Å². The zero-order valence-corrected chi connectivity index (χ0v) is 11.3. The van der Waals surface area contributed by atoms with Gasteiger partial charge in [-0.2, -0.15) is 0 Å². The molecule has 2 rings (SSSR count). The number of carbonyl (C=O) groups excluding carboxylic acids is 1. The molecule has 3 nitrogen and oxygen atoms in total. The Bertz CT molecular complexity index is 549. The van der Waals surface area contributed by atoms with Gasteiger partial charge in [0.25, 0.3) is 0 Å². The van der Waals surface area contributed by atoms with Gasteiger partial charge in [-0.05, 0) is 50.2 Å². The second-order valence-electron chi connectivity index (χ2n) is 4.49. The van der Waals surface area contributed by atoms with Crippen molar-refractivity contribution in [3.8, 4) is 0 Å². The fraction of sp³-hybridized carbons (Fsp3) is 0.250. The highest BCUT2D eigenvalue weighted by Crippen LogP contribution is 2.17. The monoisotopic (exact) mass is 254 g/mol. The molecule has 0 saturated heterocycles. The van der Waals surface area contributed by atoms with E-state index in [2.05, 4.69) is 16.8 Å². The van der Waals surface area contributed by atoms with E-state index in [1.165, 1.54) is 0 Å². The summed E-state index contributed by atoms with van der Waals surface area (Å²) in [5.74, 6) is 0. The molecule has 0 radical (unpaired) electrons. The smallest absolute Gasteiger partial charge is 0.150 e. The van der Waals surface area contributed by atoms with Gasteiger partial charge in [0.15, 0.2) is 0 Å². The summed E-state index contributed by atoms with van der Waals surface area (Å²) < 4.78 is 0. The Morgan fingerprint density at radius 1 is 1.16 bits per heavy atom. The molecule has 0 N–H and O–H groups in total. The minimum Gasteiger partial charge on any atom is -0.366 e. The minimum atomic E-state index is 0.702. The average Bonchev–Trinajstić information content (AvgIpc) is 2.45. The quantitative estimate of drug-likeness (QED) is 0.768. The van der Waals surface area contributed by atoms with Crippen LogP contribution in [0.1, 0.15) is 28.7 Å². The average molecular weight is 254 g/mol. The fourth-order valence-corrected chi connectivity index (χ4v) is 2.03. The zero-order chi connectivity index (χ0) is 13.7. The molecule has 0 unspecified atom stereocenters. The lowest BCUT2D eigenvalue weighted by molar-refractivity contribution is 0.112. The molecule has 1 aromatic heterocycles. The zero-order valence-electron chi connectivity index (χ0n) is 11.3. The predicted octanol–water partition coefficient (Wildman–Crippen LogP) is 3.23. The standard InChI is InChI=1S/C16H18N2O/c1-3-18(11-15-6-4-5-13(2)17-15)16-9-7-14(12-19)8-10-16/h4-10,12H,3,11H2,1-2H3. The number of anilines is 1. The van der Waals surface area contributed by atoms with Crippen LogP contribution in [0.15, 0.2) is 42.5 Å². The third kappa shape index (κ3) is 3.41. The summed E-state index contributed by atoms with van der Waals surface area (Å²) in [6.45, 7) is 5.79. The second kappa shape index (κ2) is 6.14. The number of carbonyl (C=O) groups is 1. The number of aromatic nitrogens is 1. The SMILES string of the molecule is CCN(Cc1cccc(C)n1)c1ccc(C=O)cc1. The maximum absolute atomic E-state index is 10.7. The van der Waals surface area contributed by atoms with E-state index in [0.717, 1.165) is 36.5 Å². The lowest BCUT2D eigenvalue weighted by Gasteiger charge is -2.23. The van der Waals surface area contributed by atoms with E-state index >= 15 is 0 Å². The molecule has 2 aromatic rings. The van der Waals surface area contributed by atoms with Gasteiger partial charge in [-0.1, -0.05) is 6.07 Å². The molecule has 0 atom stereocenters. The summed E-state index contributed by atoms with van der Waals surface area (Å²) in [7, 11) is 0. The summed E-state index contributed by atoms with van der Waals surface area (Å²) in [6, 6.07) is 13.7. The third-order valence-electron chi connectivity index (χ3n) is 3.07. The molecule has 1 heterocycles. The molecular formula is C16H18N2O. The van der Waals surface area contributed by atoms with Crippen molar-refractivity contribution in [2.75, 3.05) is 11.4 Å². The summed E-state index contributed by atoms with van der Waals surface area (Å²) in [5, 5.41) is 0. The van der Waals surface area contributed by atoms with Crippen LogP contribution in [0.4, 0.5) is 5.69 Å². The maximum Gasteiger partial charge on any atom is 0.150 e. The van der Waals surface area contributed by atoms with E-state index < -0.39 is 0 Å². The lowest BCUT2D eigenvalue weighted by atomic mass is 10.2. The molecule has 0 aliphatic carbocycles. The van der Waals surface area contributed by atoms with Crippen LogP contribution in [0, 0.1) is 6.92 Å². The minimum absolute atomic E-state index is 0.702. The summed E-state index contributed by atoms with van der Waals surface area (Å²) in [6.07, 6.45) is 0.863. The van der Waals surface area contributed by atoms with Gasteiger partial charge in [0, 0.05) is 23.5 Å². The van der Waals surface area contributed by atoms with Gasteiger partial charge in [-0.3, -0.25) is 9.78 Å². The van der Waals surface area contributed by atoms with Crippen LogP contribution in [0.3, 0.4) is 0 Å². The van der Waals surface area contributed by atoms with E-state index in [-0.39, 0.29) is 0 Å². The number of aldehydes is 1. The van der Waals surface area contributed by atoms with Gasteiger partial charge in [-0.25, -0.2) is 0 Å². The molecule has 0 saturated carbocycles. The highest BCUT2D eigenvalue weighted by Gasteiger charge is 2.06. The Hall–Kier alpha value is -2.16. The Kier molecular flexibility index (Phi) is 4.29. The number of hydrogen-bond acceptors (Lipinski definition) is 3. The van der Waals surface area contributed by atoms with Crippen LogP contribution >= 0.6 is 0 Å². The van der Waals surface area contributed by atoms with E-state index in [0.29, 0.717) is 5.56 Å². The van der Waals surface area contributed by atoms with Gasteiger partial charge >= 0.3 is 0 Å². The van der Waals surface area contributed by atoms with Crippen LogP contribution in [-0.2, 0) is 6.54 Å². The number of benzene rings is 1. The summed E-state index contributed by atoms with van der Waals surface area (Å²) in [5.41, 5.74) is 3.90. The Balaban J connectivity index is 2.17. The molecule has 0 aliphatic rings. The number of aryl methyl sites for hydroxylation is 1.